The molecular weight excluding hydrogens is 312 g/mol. The highest BCUT2D eigenvalue weighted by Crippen LogP contribution is 2.39. The second-order valence-corrected chi connectivity index (χ2v) is 7.30. The summed E-state index contributed by atoms with van der Waals surface area (Å²) in [6, 6.07) is 5.62. The highest BCUT2D eigenvalue weighted by Gasteiger charge is 2.43. The number of nitriles is 1. The zero-order valence-electron chi connectivity index (χ0n) is 13.0. The van der Waals surface area contributed by atoms with Gasteiger partial charge in [-0.3, -0.25) is 14.5 Å². The van der Waals surface area contributed by atoms with Crippen molar-refractivity contribution in [1.29, 1.82) is 5.26 Å². The highest BCUT2D eigenvalue weighted by molar-refractivity contribution is 7.10. The van der Waals surface area contributed by atoms with Crippen LogP contribution in [0.15, 0.2) is 17.5 Å². The molecular formula is C16H20N4O2S. The molecule has 2 aliphatic rings. The van der Waals surface area contributed by atoms with Gasteiger partial charge < -0.3 is 10.6 Å². The van der Waals surface area contributed by atoms with Gasteiger partial charge in [-0.2, -0.15) is 5.26 Å². The van der Waals surface area contributed by atoms with E-state index < -0.39 is 11.6 Å². The van der Waals surface area contributed by atoms with Crippen LogP contribution in [0, 0.1) is 17.2 Å². The third kappa shape index (κ3) is 3.38. The molecule has 2 N–H and O–H groups in total. The van der Waals surface area contributed by atoms with E-state index in [1.54, 1.807) is 6.92 Å². The van der Waals surface area contributed by atoms with Gasteiger partial charge in [-0.25, -0.2) is 0 Å². The third-order valence-corrected chi connectivity index (χ3v) is 5.42. The van der Waals surface area contributed by atoms with Gasteiger partial charge in [-0.05, 0) is 37.1 Å². The molecule has 1 saturated heterocycles. The summed E-state index contributed by atoms with van der Waals surface area (Å²) in [6.45, 7) is 3.06. The Morgan fingerprint density at radius 3 is 3.00 bits per heavy atom. The second-order valence-electron chi connectivity index (χ2n) is 6.32. The summed E-state index contributed by atoms with van der Waals surface area (Å²) in [5.41, 5.74) is -0.798. The van der Waals surface area contributed by atoms with E-state index in [1.165, 1.54) is 11.3 Å². The first kappa shape index (κ1) is 16.0. The summed E-state index contributed by atoms with van der Waals surface area (Å²) in [6.07, 6.45) is 1.96. The van der Waals surface area contributed by atoms with Crippen LogP contribution in [0.3, 0.4) is 0 Å². The summed E-state index contributed by atoms with van der Waals surface area (Å²) in [4.78, 5) is 27.4. The molecule has 1 saturated carbocycles. The zero-order chi connectivity index (χ0) is 16.4. The van der Waals surface area contributed by atoms with Crippen LogP contribution in [-0.2, 0) is 9.59 Å². The van der Waals surface area contributed by atoms with Crippen molar-refractivity contribution in [3.63, 3.8) is 0 Å². The van der Waals surface area contributed by atoms with Crippen LogP contribution in [0.5, 0.6) is 0 Å². The summed E-state index contributed by atoms with van der Waals surface area (Å²) >= 11 is 1.51. The summed E-state index contributed by atoms with van der Waals surface area (Å²) < 4.78 is 0. The maximum absolute atomic E-state index is 12.4. The lowest BCUT2D eigenvalue weighted by molar-refractivity contribution is -0.132. The maximum atomic E-state index is 12.4. The monoisotopic (exact) mass is 332 g/mol. The summed E-state index contributed by atoms with van der Waals surface area (Å²) in [5.74, 6) is -0.0249. The Labute approximate surface area is 139 Å². The van der Waals surface area contributed by atoms with E-state index in [0.717, 1.165) is 17.7 Å². The molecule has 0 aromatic carbocycles. The smallest absolute Gasteiger partial charge is 0.242 e. The molecule has 1 aliphatic heterocycles. The van der Waals surface area contributed by atoms with Gasteiger partial charge in [0, 0.05) is 18.0 Å². The minimum atomic E-state index is -0.798. The molecule has 1 aromatic rings. The van der Waals surface area contributed by atoms with E-state index in [9.17, 15) is 14.9 Å². The minimum absolute atomic E-state index is 0.0725. The Balaban J connectivity index is 1.69. The predicted molar refractivity (Wildman–Crippen MR) is 86.5 cm³/mol. The lowest BCUT2D eigenvalue weighted by Gasteiger charge is -2.34. The molecule has 23 heavy (non-hydrogen) atoms. The number of carbonyl (C=O) groups is 2. The molecule has 2 atom stereocenters. The Morgan fingerprint density at radius 1 is 1.61 bits per heavy atom. The Hall–Kier alpha value is -1.91. The van der Waals surface area contributed by atoms with Gasteiger partial charge in [0.05, 0.1) is 12.6 Å². The first-order valence-corrected chi connectivity index (χ1v) is 8.69. The zero-order valence-corrected chi connectivity index (χ0v) is 13.9. The molecule has 7 heteroatoms. The Bertz CT molecular complexity index is 635. The van der Waals surface area contributed by atoms with Crippen LogP contribution in [0.25, 0.3) is 0 Å². The normalized spacial score (nSPS) is 24.3. The van der Waals surface area contributed by atoms with Crippen molar-refractivity contribution < 1.29 is 9.59 Å². The fourth-order valence-electron chi connectivity index (χ4n) is 3.04. The molecule has 6 nitrogen and oxygen atoms in total. The number of thiophene rings is 1. The van der Waals surface area contributed by atoms with Gasteiger partial charge in [0.2, 0.25) is 11.8 Å². The minimum Gasteiger partial charge on any atom is -0.353 e. The van der Waals surface area contributed by atoms with E-state index in [4.69, 9.17) is 0 Å². The number of piperazine rings is 1. The molecule has 0 radical (unpaired) electrons. The van der Waals surface area contributed by atoms with Crippen molar-refractivity contribution in [3.05, 3.63) is 22.4 Å². The molecule has 2 heterocycles. The lowest BCUT2D eigenvalue weighted by Crippen LogP contribution is -2.55. The lowest BCUT2D eigenvalue weighted by atomic mass is 9.98. The maximum Gasteiger partial charge on any atom is 0.242 e. The molecule has 1 aliphatic carbocycles. The number of nitrogens with one attached hydrogen (secondary N) is 2. The molecule has 3 rings (SSSR count). The van der Waals surface area contributed by atoms with E-state index in [1.807, 2.05) is 22.4 Å². The number of hydrogen-bond donors (Lipinski definition) is 2. The standard InChI is InChI=1S/C16H20N4O2S/c1-16(10-17,11-4-5-11)19-13(21)9-20-7-6-18-15(22)14(20)12-3-2-8-23-12/h2-3,8,11,14H,4-7,9H2,1H3,(H,18,22)(H,19,21)/t14-,16-/m0/s1. The van der Waals surface area contributed by atoms with Crippen LogP contribution >= 0.6 is 11.3 Å². The van der Waals surface area contributed by atoms with E-state index >= 15 is 0 Å². The number of rotatable bonds is 5. The van der Waals surface area contributed by atoms with Gasteiger partial charge in [-0.1, -0.05) is 6.07 Å². The first-order valence-electron chi connectivity index (χ1n) is 7.81. The molecule has 122 valence electrons. The third-order valence-electron chi connectivity index (χ3n) is 4.50. The van der Waals surface area contributed by atoms with Gasteiger partial charge in [0.25, 0.3) is 0 Å². The first-order chi connectivity index (χ1) is 11.0. The van der Waals surface area contributed by atoms with Crippen LogP contribution in [0.2, 0.25) is 0 Å². The highest BCUT2D eigenvalue weighted by atomic mass is 32.1. The van der Waals surface area contributed by atoms with Crippen LogP contribution in [-0.4, -0.2) is 41.9 Å². The van der Waals surface area contributed by atoms with Crippen molar-refractivity contribution in [2.24, 2.45) is 5.92 Å². The predicted octanol–water partition coefficient (Wildman–Crippen LogP) is 1.03. The number of carbonyl (C=O) groups excluding carboxylic acids is 2. The molecule has 2 fully saturated rings. The Morgan fingerprint density at radius 2 is 2.39 bits per heavy atom. The fraction of sp³-hybridized carbons (Fsp3) is 0.562. The van der Waals surface area contributed by atoms with Crippen molar-refractivity contribution in [3.8, 4) is 6.07 Å². The quantitative estimate of drug-likeness (QED) is 0.843. The second kappa shape index (κ2) is 6.30. The number of amides is 2. The molecule has 1 aromatic heterocycles. The van der Waals surface area contributed by atoms with E-state index in [0.29, 0.717) is 13.1 Å². The van der Waals surface area contributed by atoms with Crippen LogP contribution in [0.4, 0.5) is 0 Å². The van der Waals surface area contributed by atoms with Crippen LogP contribution in [0.1, 0.15) is 30.7 Å². The summed E-state index contributed by atoms with van der Waals surface area (Å²) in [5, 5.41) is 17.0. The average Bonchev–Trinajstić information content (AvgIpc) is 3.25. The van der Waals surface area contributed by atoms with Gasteiger partial charge in [0.1, 0.15) is 11.6 Å². The van der Waals surface area contributed by atoms with Gasteiger partial charge in [0.15, 0.2) is 0 Å². The Kier molecular flexibility index (Phi) is 4.37. The molecule has 2 amide bonds. The van der Waals surface area contributed by atoms with Crippen LogP contribution < -0.4 is 10.6 Å². The largest absolute Gasteiger partial charge is 0.353 e. The molecule has 0 bridgehead atoms. The SMILES string of the molecule is C[C@@](C#N)(NC(=O)CN1CCNC(=O)[C@@H]1c1cccs1)C1CC1. The topological polar surface area (TPSA) is 85.2 Å². The fourth-order valence-corrected chi connectivity index (χ4v) is 3.89. The van der Waals surface area contributed by atoms with Gasteiger partial charge >= 0.3 is 0 Å². The van der Waals surface area contributed by atoms with Crippen molar-refractivity contribution in [2.75, 3.05) is 19.6 Å². The molecule has 0 spiro atoms. The number of hydrogen-bond acceptors (Lipinski definition) is 5. The molecule has 0 unspecified atom stereocenters. The van der Waals surface area contributed by atoms with Crippen molar-refractivity contribution in [1.82, 2.24) is 15.5 Å². The van der Waals surface area contributed by atoms with E-state index in [-0.39, 0.29) is 24.3 Å². The van der Waals surface area contributed by atoms with Crippen molar-refractivity contribution >= 4 is 23.2 Å². The average molecular weight is 332 g/mol. The summed E-state index contributed by atoms with van der Waals surface area (Å²) in [7, 11) is 0. The number of nitrogens with zero attached hydrogens (tertiary/aromatic N) is 2. The van der Waals surface area contributed by atoms with Gasteiger partial charge in [-0.15, -0.1) is 11.3 Å². The van der Waals surface area contributed by atoms with E-state index in [2.05, 4.69) is 16.7 Å². The van der Waals surface area contributed by atoms with Crippen molar-refractivity contribution in [2.45, 2.75) is 31.3 Å².